The van der Waals surface area contributed by atoms with Crippen LogP contribution in [0.25, 0.3) is 0 Å². The van der Waals surface area contributed by atoms with Gasteiger partial charge in [0.15, 0.2) is 5.96 Å². The second-order valence-electron chi connectivity index (χ2n) is 11.4. The number of amides is 2. The lowest BCUT2D eigenvalue weighted by molar-refractivity contribution is -0.132. The van der Waals surface area contributed by atoms with E-state index in [0.29, 0.717) is 36.7 Å². The molecule has 0 aromatic heterocycles. The molecule has 7 nitrogen and oxygen atoms in total. The van der Waals surface area contributed by atoms with Crippen molar-refractivity contribution in [2.45, 2.75) is 95.2 Å². The maximum Gasteiger partial charge on any atom is 0.251 e. The zero-order valence-corrected chi connectivity index (χ0v) is 22.5. The molecule has 5 aliphatic rings. The number of guanidine groups is 1. The molecule has 2 amide bonds. The molecular weight excluding hydrogens is 476 g/mol. The molecule has 38 heavy (non-hydrogen) atoms. The van der Waals surface area contributed by atoms with Gasteiger partial charge >= 0.3 is 0 Å². The molecule has 0 saturated heterocycles. The Kier molecular flexibility index (Phi) is 6.40. The molecule has 4 aliphatic heterocycles. The first-order valence-electron chi connectivity index (χ1n) is 14.3. The monoisotopic (exact) mass is 514 g/mol. The standard InChI is InChI=1S/C31H38N4O3/c1-3-20-17-25-23-15-19(8-10-22(20)23)7-5-6-13-31(4-2)18-28(36)35(30(32)34-31)26-12-14-38-27-11-9-21(16-24(26)27)29(37)33-25/h8-11,15-16,20,25-26H,3-7,12-14,17-18H2,1-2H3,(H2,32,34)(H,33,37)/t20-,25+,26-,31-/m1/s1. The van der Waals surface area contributed by atoms with Crippen LogP contribution in [-0.4, -0.2) is 34.8 Å². The van der Waals surface area contributed by atoms with Crippen LogP contribution in [-0.2, 0) is 11.2 Å². The fraction of sp³-hybridized carbons (Fsp3) is 0.516. The van der Waals surface area contributed by atoms with Crippen LogP contribution in [0.15, 0.2) is 41.4 Å². The minimum atomic E-state index is -0.448. The van der Waals surface area contributed by atoms with Crippen molar-refractivity contribution in [3.8, 4) is 5.75 Å². The van der Waals surface area contributed by atoms with Gasteiger partial charge in [0.05, 0.1) is 30.7 Å². The normalized spacial score (nSPS) is 28.7. The Morgan fingerprint density at radius 1 is 1.11 bits per heavy atom. The van der Waals surface area contributed by atoms with Gasteiger partial charge in [-0.15, -0.1) is 0 Å². The average molecular weight is 515 g/mol. The lowest BCUT2D eigenvalue weighted by Gasteiger charge is -2.42. The zero-order valence-electron chi connectivity index (χ0n) is 22.5. The Hall–Kier alpha value is -3.35. The fourth-order valence-electron chi connectivity index (χ4n) is 7.01. The van der Waals surface area contributed by atoms with E-state index in [9.17, 15) is 9.59 Å². The first kappa shape index (κ1) is 25.0. The van der Waals surface area contributed by atoms with Gasteiger partial charge in [-0.2, -0.15) is 0 Å². The van der Waals surface area contributed by atoms with Crippen molar-refractivity contribution < 1.29 is 14.3 Å². The lowest BCUT2D eigenvalue weighted by atomic mass is 9.84. The van der Waals surface area contributed by atoms with Crippen molar-refractivity contribution in [1.29, 1.82) is 0 Å². The number of nitrogens with two attached hydrogens (primary N) is 1. The van der Waals surface area contributed by atoms with Crippen LogP contribution in [0.3, 0.4) is 0 Å². The maximum absolute atomic E-state index is 13.6. The second-order valence-corrected chi connectivity index (χ2v) is 11.4. The number of fused-ring (bicyclic) bond motifs is 5. The highest BCUT2D eigenvalue weighted by atomic mass is 16.5. The van der Waals surface area contributed by atoms with E-state index in [1.165, 1.54) is 16.7 Å². The topological polar surface area (TPSA) is 97.0 Å². The molecule has 2 aromatic rings. The largest absolute Gasteiger partial charge is 0.493 e. The lowest BCUT2D eigenvalue weighted by Crippen LogP contribution is -2.53. The minimum absolute atomic E-state index is 0.00292. The average Bonchev–Trinajstić information content (AvgIpc) is 3.26. The summed E-state index contributed by atoms with van der Waals surface area (Å²) in [5.74, 6) is 1.34. The van der Waals surface area contributed by atoms with Gasteiger partial charge in [0.25, 0.3) is 5.91 Å². The third-order valence-corrected chi connectivity index (χ3v) is 9.24. The zero-order chi connectivity index (χ0) is 26.4. The van der Waals surface area contributed by atoms with Crippen molar-refractivity contribution >= 4 is 17.8 Å². The van der Waals surface area contributed by atoms with Gasteiger partial charge in [-0.1, -0.05) is 38.5 Å². The van der Waals surface area contributed by atoms with Crippen LogP contribution in [0.1, 0.15) is 116 Å². The first-order valence-corrected chi connectivity index (χ1v) is 14.3. The highest BCUT2D eigenvalue weighted by Gasteiger charge is 2.42. The number of nitrogens with one attached hydrogen (secondary N) is 1. The minimum Gasteiger partial charge on any atom is -0.493 e. The molecule has 200 valence electrons. The Balaban J connectivity index is 1.43. The summed E-state index contributed by atoms with van der Waals surface area (Å²) in [6, 6.07) is 12.1. The molecule has 1 aliphatic carbocycles. The van der Waals surface area contributed by atoms with Crippen molar-refractivity contribution in [3.05, 3.63) is 64.2 Å². The van der Waals surface area contributed by atoms with Gasteiger partial charge in [-0.25, -0.2) is 4.99 Å². The highest BCUT2D eigenvalue weighted by Crippen LogP contribution is 2.44. The number of hydrogen-bond acceptors (Lipinski definition) is 5. The Morgan fingerprint density at radius 2 is 1.97 bits per heavy atom. The summed E-state index contributed by atoms with van der Waals surface area (Å²) in [6.07, 6.45) is 7.54. The van der Waals surface area contributed by atoms with Crippen LogP contribution in [0.5, 0.6) is 5.75 Å². The smallest absolute Gasteiger partial charge is 0.251 e. The van der Waals surface area contributed by atoms with Gasteiger partial charge in [-0.3, -0.25) is 14.5 Å². The molecular formula is C31H38N4O3. The molecule has 0 radical (unpaired) electrons. The Bertz CT molecular complexity index is 1300. The molecule has 0 unspecified atom stereocenters. The SMILES string of the molecule is CC[C@@H]1C[C@@H]2NC(=O)c3ccc4c(c3)[C@@H](CCO4)N3C(=O)C[C@@](CC)(CCCCc4ccc1c2c4)N=C3N. The van der Waals surface area contributed by atoms with E-state index in [2.05, 4.69) is 37.4 Å². The Morgan fingerprint density at radius 3 is 2.76 bits per heavy atom. The fourth-order valence-corrected chi connectivity index (χ4v) is 7.01. The number of nitrogens with zero attached hydrogens (tertiary/aromatic N) is 2. The molecule has 0 fully saturated rings. The van der Waals surface area contributed by atoms with Crippen LogP contribution < -0.4 is 15.8 Å². The predicted molar refractivity (Wildman–Crippen MR) is 147 cm³/mol. The third kappa shape index (κ3) is 4.26. The summed E-state index contributed by atoms with van der Waals surface area (Å²) in [5, 5.41) is 3.33. The molecule has 7 heteroatoms. The number of carbonyl (C=O) groups excluding carboxylic acids is 2. The van der Waals surface area contributed by atoms with Crippen LogP contribution in [0.2, 0.25) is 0 Å². The third-order valence-electron chi connectivity index (χ3n) is 9.24. The molecule has 0 spiro atoms. The predicted octanol–water partition coefficient (Wildman–Crippen LogP) is 5.30. The quantitative estimate of drug-likeness (QED) is 0.568. The molecule has 6 bridgehead atoms. The van der Waals surface area contributed by atoms with E-state index < -0.39 is 5.54 Å². The van der Waals surface area contributed by atoms with Gasteiger partial charge in [0, 0.05) is 17.5 Å². The molecule has 4 heterocycles. The van der Waals surface area contributed by atoms with Crippen LogP contribution >= 0.6 is 0 Å². The van der Waals surface area contributed by atoms with Crippen molar-refractivity contribution in [2.75, 3.05) is 6.61 Å². The van der Waals surface area contributed by atoms with Gasteiger partial charge in [-0.05, 0) is 79.3 Å². The number of aryl methyl sites for hydroxylation is 1. The van der Waals surface area contributed by atoms with E-state index in [-0.39, 0.29) is 29.9 Å². The summed E-state index contributed by atoms with van der Waals surface area (Å²) in [4.78, 5) is 33.8. The van der Waals surface area contributed by atoms with E-state index in [1.54, 1.807) is 4.90 Å². The van der Waals surface area contributed by atoms with Gasteiger partial charge in [0.1, 0.15) is 5.75 Å². The molecule has 2 aromatic carbocycles. The number of ether oxygens (including phenoxy) is 1. The summed E-state index contributed by atoms with van der Waals surface area (Å²) in [6.45, 7) is 4.81. The number of benzene rings is 2. The van der Waals surface area contributed by atoms with Crippen molar-refractivity contribution in [1.82, 2.24) is 10.2 Å². The first-order chi connectivity index (χ1) is 18.4. The molecule has 0 saturated carbocycles. The number of rotatable bonds is 2. The van der Waals surface area contributed by atoms with Crippen molar-refractivity contribution in [2.24, 2.45) is 10.7 Å². The van der Waals surface area contributed by atoms with Gasteiger partial charge in [0.2, 0.25) is 5.91 Å². The Labute approximate surface area is 224 Å². The summed E-state index contributed by atoms with van der Waals surface area (Å²) in [7, 11) is 0. The van der Waals surface area contributed by atoms with Gasteiger partial charge < -0.3 is 15.8 Å². The highest BCUT2D eigenvalue weighted by molar-refractivity contribution is 6.00. The van der Waals surface area contributed by atoms with E-state index in [1.807, 2.05) is 18.2 Å². The molecule has 4 atom stereocenters. The number of aliphatic imine (C=N–C) groups is 1. The summed E-state index contributed by atoms with van der Waals surface area (Å²) < 4.78 is 5.93. The summed E-state index contributed by atoms with van der Waals surface area (Å²) in [5.41, 5.74) is 11.4. The van der Waals surface area contributed by atoms with Crippen molar-refractivity contribution in [3.63, 3.8) is 0 Å². The van der Waals surface area contributed by atoms with Crippen LogP contribution in [0, 0.1) is 0 Å². The molecule has 7 rings (SSSR count). The van der Waals surface area contributed by atoms with E-state index >= 15 is 0 Å². The molecule has 3 N–H and O–H groups in total. The van der Waals surface area contributed by atoms with Crippen LogP contribution in [0.4, 0.5) is 0 Å². The van der Waals surface area contributed by atoms with E-state index in [4.69, 9.17) is 15.5 Å². The number of hydrogen-bond donors (Lipinski definition) is 2. The second kappa shape index (κ2) is 9.75. The number of carbonyl (C=O) groups is 2. The maximum atomic E-state index is 13.6. The van der Waals surface area contributed by atoms with E-state index in [0.717, 1.165) is 50.5 Å². The summed E-state index contributed by atoms with van der Waals surface area (Å²) >= 11 is 0.